The minimum absolute atomic E-state index is 0.152. The molecule has 0 saturated carbocycles. The molecule has 4 rings (SSSR count). The van der Waals surface area contributed by atoms with E-state index in [0.29, 0.717) is 29.0 Å². The van der Waals surface area contributed by atoms with E-state index in [1.807, 2.05) is 78.2 Å². The van der Waals surface area contributed by atoms with Crippen molar-refractivity contribution < 1.29 is 14.3 Å². The summed E-state index contributed by atoms with van der Waals surface area (Å²) in [5, 5.41) is 12.2. The van der Waals surface area contributed by atoms with Gasteiger partial charge in [0, 0.05) is 0 Å². The number of rotatable bonds is 10. The fraction of sp³-hybridized carbons (Fsp3) is 0.192. The van der Waals surface area contributed by atoms with Crippen molar-refractivity contribution in [1.29, 1.82) is 0 Å². The Labute approximate surface area is 203 Å². The predicted molar refractivity (Wildman–Crippen MR) is 133 cm³/mol. The number of nitrogens with zero attached hydrogens (tertiary/aromatic N) is 3. The Morgan fingerprint density at radius 1 is 0.971 bits per heavy atom. The summed E-state index contributed by atoms with van der Waals surface area (Å²) in [7, 11) is 1.58. The van der Waals surface area contributed by atoms with Crippen LogP contribution < -0.4 is 14.8 Å². The van der Waals surface area contributed by atoms with Gasteiger partial charge in [0.25, 0.3) is 0 Å². The lowest BCUT2D eigenvalue weighted by atomic mass is 10.2. The number of thioether (sulfide) groups is 1. The van der Waals surface area contributed by atoms with Gasteiger partial charge in [0.1, 0.15) is 18.1 Å². The highest BCUT2D eigenvalue weighted by atomic mass is 32.2. The quantitative estimate of drug-likeness (QED) is 0.328. The first-order valence-electron chi connectivity index (χ1n) is 10.8. The summed E-state index contributed by atoms with van der Waals surface area (Å²) in [6, 6.07) is 25.3. The zero-order valence-corrected chi connectivity index (χ0v) is 19.9. The van der Waals surface area contributed by atoms with Crippen LogP contribution in [-0.4, -0.2) is 33.5 Å². The minimum atomic E-state index is -0.152. The Kier molecular flexibility index (Phi) is 7.83. The van der Waals surface area contributed by atoms with Crippen LogP contribution in [0.25, 0.3) is 0 Å². The summed E-state index contributed by atoms with van der Waals surface area (Å²) < 4.78 is 13.2. The number of aryl methyl sites for hydroxylation is 1. The fourth-order valence-electron chi connectivity index (χ4n) is 3.30. The second kappa shape index (κ2) is 11.4. The lowest BCUT2D eigenvalue weighted by Crippen LogP contribution is -2.15. The van der Waals surface area contributed by atoms with Gasteiger partial charge in [-0.1, -0.05) is 71.9 Å². The maximum atomic E-state index is 12.6. The van der Waals surface area contributed by atoms with Gasteiger partial charge in [-0.25, -0.2) is 0 Å². The van der Waals surface area contributed by atoms with Gasteiger partial charge < -0.3 is 14.8 Å². The molecule has 34 heavy (non-hydrogen) atoms. The van der Waals surface area contributed by atoms with Gasteiger partial charge in [0.2, 0.25) is 5.91 Å². The molecule has 0 fully saturated rings. The first-order chi connectivity index (χ1) is 16.6. The van der Waals surface area contributed by atoms with E-state index in [9.17, 15) is 4.79 Å². The zero-order chi connectivity index (χ0) is 23.8. The minimum Gasteiger partial charge on any atom is -0.495 e. The second-order valence-corrected chi connectivity index (χ2v) is 8.55. The number of hydrogen-bond acceptors (Lipinski definition) is 6. The monoisotopic (exact) mass is 474 g/mol. The molecule has 0 atom stereocenters. The number of benzene rings is 3. The average Bonchev–Trinajstić information content (AvgIpc) is 3.24. The number of para-hydroxylation sites is 2. The maximum Gasteiger partial charge on any atom is 0.234 e. The standard InChI is InChI=1S/C26H26N4O3S/c1-19-12-14-21(15-13-19)33-17-24-28-29-26(30(24)16-20-8-4-3-5-9-20)34-18-25(31)27-22-10-6-7-11-23(22)32-2/h3-15H,16-18H2,1-2H3,(H,27,31). The van der Waals surface area contributed by atoms with Crippen molar-refractivity contribution in [2.75, 3.05) is 18.2 Å². The molecule has 8 heteroatoms. The van der Waals surface area contributed by atoms with Crippen LogP contribution in [0, 0.1) is 6.92 Å². The molecule has 0 unspecified atom stereocenters. The molecule has 0 aliphatic heterocycles. The molecule has 1 aromatic heterocycles. The van der Waals surface area contributed by atoms with Crippen LogP contribution in [0.5, 0.6) is 11.5 Å². The molecule has 0 saturated heterocycles. The SMILES string of the molecule is COc1ccccc1NC(=O)CSc1nnc(COc2ccc(C)cc2)n1Cc1ccccc1. The lowest BCUT2D eigenvalue weighted by molar-refractivity contribution is -0.113. The van der Waals surface area contributed by atoms with Gasteiger partial charge in [-0.2, -0.15) is 0 Å². The highest BCUT2D eigenvalue weighted by Crippen LogP contribution is 2.25. The van der Waals surface area contributed by atoms with Crippen molar-refractivity contribution in [1.82, 2.24) is 14.8 Å². The lowest BCUT2D eigenvalue weighted by Gasteiger charge is -2.12. The number of ether oxygens (including phenoxy) is 2. The number of hydrogen-bond donors (Lipinski definition) is 1. The van der Waals surface area contributed by atoms with Gasteiger partial charge in [0.05, 0.1) is 25.1 Å². The van der Waals surface area contributed by atoms with Crippen LogP contribution in [-0.2, 0) is 17.9 Å². The Bertz CT molecular complexity index is 1230. The first-order valence-corrected chi connectivity index (χ1v) is 11.8. The van der Waals surface area contributed by atoms with Crippen LogP contribution in [0.2, 0.25) is 0 Å². The number of anilines is 1. The second-order valence-electron chi connectivity index (χ2n) is 7.61. The van der Waals surface area contributed by atoms with Crippen LogP contribution in [0.15, 0.2) is 84.0 Å². The van der Waals surface area contributed by atoms with E-state index in [1.165, 1.54) is 17.3 Å². The maximum absolute atomic E-state index is 12.6. The van der Waals surface area contributed by atoms with Crippen LogP contribution in [0.3, 0.4) is 0 Å². The highest BCUT2D eigenvalue weighted by Gasteiger charge is 2.16. The smallest absolute Gasteiger partial charge is 0.234 e. The number of carbonyl (C=O) groups excluding carboxylic acids is 1. The largest absolute Gasteiger partial charge is 0.495 e. The van der Waals surface area contributed by atoms with Gasteiger partial charge in [0.15, 0.2) is 11.0 Å². The molecule has 0 aliphatic carbocycles. The Morgan fingerprint density at radius 3 is 2.47 bits per heavy atom. The molecule has 1 N–H and O–H groups in total. The van der Waals surface area contributed by atoms with Crippen molar-refractivity contribution in [3.8, 4) is 11.5 Å². The highest BCUT2D eigenvalue weighted by molar-refractivity contribution is 7.99. The topological polar surface area (TPSA) is 78.3 Å². The number of methoxy groups -OCH3 is 1. The van der Waals surface area contributed by atoms with Crippen LogP contribution >= 0.6 is 11.8 Å². The fourth-order valence-corrected chi connectivity index (χ4v) is 4.06. The molecular formula is C26H26N4O3S. The van der Waals surface area contributed by atoms with Crippen molar-refractivity contribution in [3.05, 3.63) is 95.8 Å². The van der Waals surface area contributed by atoms with E-state index in [4.69, 9.17) is 9.47 Å². The van der Waals surface area contributed by atoms with E-state index >= 15 is 0 Å². The molecule has 0 bridgehead atoms. The van der Waals surface area contributed by atoms with Gasteiger partial charge >= 0.3 is 0 Å². The first kappa shape index (κ1) is 23.4. The predicted octanol–water partition coefficient (Wildman–Crippen LogP) is 4.95. The van der Waals surface area contributed by atoms with Crippen molar-refractivity contribution in [3.63, 3.8) is 0 Å². The van der Waals surface area contributed by atoms with E-state index < -0.39 is 0 Å². The van der Waals surface area contributed by atoms with Crippen molar-refractivity contribution >= 4 is 23.4 Å². The number of amides is 1. The number of nitrogens with one attached hydrogen (secondary N) is 1. The van der Waals surface area contributed by atoms with Crippen molar-refractivity contribution in [2.24, 2.45) is 0 Å². The van der Waals surface area contributed by atoms with Gasteiger partial charge in [-0.05, 0) is 36.8 Å². The van der Waals surface area contributed by atoms with E-state index in [1.54, 1.807) is 19.2 Å². The number of aromatic nitrogens is 3. The molecule has 3 aromatic carbocycles. The summed E-state index contributed by atoms with van der Waals surface area (Å²) in [6.07, 6.45) is 0. The molecule has 4 aromatic rings. The third-order valence-electron chi connectivity index (χ3n) is 5.08. The Hall–Kier alpha value is -3.78. The summed E-state index contributed by atoms with van der Waals surface area (Å²) in [4.78, 5) is 12.6. The molecule has 1 amide bonds. The molecular weight excluding hydrogens is 448 g/mol. The normalized spacial score (nSPS) is 10.6. The third kappa shape index (κ3) is 6.17. The molecule has 0 aliphatic rings. The summed E-state index contributed by atoms with van der Waals surface area (Å²) >= 11 is 1.33. The van der Waals surface area contributed by atoms with Crippen molar-refractivity contribution in [2.45, 2.75) is 25.2 Å². The Balaban J connectivity index is 1.47. The van der Waals surface area contributed by atoms with E-state index in [0.717, 1.165) is 11.3 Å². The molecule has 0 spiro atoms. The van der Waals surface area contributed by atoms with Gasteiger partial charge in [-0.15, -0.1) is 10.2 Å². The van der Waals surface area contributed by atoms with E-state index in [-0.39, 0.29) is 18.3 Å². The summed E-state index contributed by atoms with van der Waals surface area (Å²) in [6.45, 7) is 2.89. The van der Waals surface area contributed by atoms with Crippen LogP contribution in [0.4, 0.5) is 5.69 Å². The van der Waals surface area contributed by atoms with Crippen LogP contribution in [0.1, 0.15) is 17.0 Å². The molecule has 1 heterocycles. The average molecular weight is 475 g/mol. The third-order valence-corrected chi connectivity index (χ3v) is 6.05. The number of carbonyl (C=O) groups is 1. The Morgan fingerprint density at radius 2 is 1.71 bits per heavy atom. The molecule has 174 valence electrons. The van der Waals surface area contributed by atoms with Gasteiger partial charge in [-0.3, -0.25) is 9.36 Å². The summed E-state index contributed by atoms with van der Waals surface area (Å²) in [5.41, 5.74) is 2.91. The summed E-state index contributed by atoms with van der Waals surface area (Å²) in [5.74, 6) is 2.11. The molecule has 0 radical (unpaired) electrons. The molecule has 7 nitrogen and oxygen atoms in total. The van der Waals surface area contributed by atoms with E-state index in [2.05, 4.69) is 15.5 Å². The zero-order valence-electron chi connectivity index (χ0n) is 19.1.